The number of anilines is 2. The van der Waals surface area contributed by atoms with Crippen molar-refractivity contribution < 1.29 is 13.9 Å². The zero-order valence-corrected chi connectivity index (χ0v) is 11.2. The van der Waals surface area contributed by atoms with Crippen LogP contribution in [0.1, 0.15) is 5.56 Å². The molecule has 0 bridgehead atoms. The number of benzene rings is 2. The van der Waals surface area contributed by atoms with E-state index in [1.807, 2.05) is 0 Å². The number of ether oxygens (including phenoxy) is 1. The summed E-state index contributed by atoms with van der Waals surface area (Å²) in [4.78, 5) is 11.8. The first-order chi connectivity index (χ1) is 9.58. The third-order valence-corrected chi connectivity index (χ3v) is 2.78. The minimum absolute atomic E-state index is 0.330. The van der Waals surface area contributed by atoms with E-state index in [-0.39, 0.29) is 11.8 Å². The fourth-order valence-electron chi connectivity index (χ4n) is 1.73. The Morgan fingerprint density at radius 3 is 2.40 bits per heavy atom. The van der Waals surface area contributed by atoms with Crippen LogP contribution in [0.4, 0.5) is 20.6 Å². The molecule has 2 aromatic rings. The van der Waals surface area contributed by atoms with E-state index >= 15 is 0 Å². The second kappa shape index (κ2) is 6.06. The van der Waals surface area contributed by atoms with Gasteiger partial charge in [0.25, 0.3) is 0 Å². The van der Waals surface area contributed by atoms with Crippen molar-refractivity contribution in [3.8, 4) is 5.75 Å². The molecule has 0 saturated carbocycles. The highest BCUT2D eigenvalue weighted by atomic mass is 19.1. The molecule has 0 saturated heterocycles. The van der Waals surface area contributed by atoms with Gasteiger partial charge in [-0.25, -0.2) is 9.18 Å². The topological polar surface area (TPSA) is 50.4 Å². The Kier molecular flexibility index (Phi) is 4.20. The Balaban J connectivity index is 2.01. The lowest BCUT2D eigenvalue weighted by molar-refractivity contribution is 0.262. The molecule has 20 heavy (non-hydrogen) atoms. The molecule has 0 aliphatic carbocycles. The maximum Gasteiger partial charge on any atom is 0.323 e. The number of halogens is 1. The van der Waals surface area contributed by atoms with Crippen LogP contribution in [0.2, 0.25) is 0 Å². The predicted molar refractivity (Wildman–Crippen MR) is 76.8 cm³/mol. The quantitative estimate of drug-likeness (QED) is 0.894. The van der Waals surface area contributed by atoms with E-state index in [0.29, 0.717) is 22.7 Å². The second-order valence-corrected chi connectivity index (χ2v) is 4.27. The molecule has 2 N–H and O–H groups in total. The van der Waals surface area contributed by atoms with Crippen molar-refractivity contribution in [3.63, 3.8) is 0 Å². The maximum absolute atomic E-state index is 13.0. The molecule has 0 fully saturated rings. The maximum atomic E-state index is 13.0. The van der Waals surface area contributed by atoms with Gasteiger partial charge in [-0.3, -0.25) is 0 Å². The summed E-state index contributed by atoms with van der Waals surface area (Å²) >= 11 is 0. The summed E-state index contributed by atoms with van der Waals surface area (Å²) in [5.74, 6) is 0.383. The number of hydrogen-bond acceptors (Lipinski definition) is 2. The van der Waals surface area contributed by atoms with Crippen molar-refractivity contribution in [1.29, 1.82) is 0 Å². The summed E-state index contributed by atoms with van der Waals surface area (Å²) in [6.07, 6.45) is 0. The van der Waals surface area contributed by atoms with Gasteiger partial charge in [0.15, 0.2) is 0 Å². The van der Waals surface area contributed by atoms with E-state index in [2.05, 4.69) is 10.6 Å². The normalized spacial score (nSPS) is 9.95. The van der Waals surface area contributed by atoms with Gasteiger partial charge in [-0.15, -0.1) is 0 Å². The number of carbonyl (C=O) groups is 1. The third kappa shape index (κ3) is 3.47. The molecule has 2 aromatic carbocycles. The molecule has 0 spiro atoms. The molecule has 0 aliphatic heterocycles. The van der Waals surface area contributed by atoms with Crippen LogP contribution in [0.5, 0.6) is 5.75 Å². The Morgan fingerprint density at radius 2 is 1.80 bits per heavy atom. The number of amides is 2. The summed E-state index contributed by atoms with van der Waals surface area (Å²) in [7, 11) is 1.58. The van der Waals surface area contributed by atoms with Crippen LogP contribution >= 0.6 is 0 Å². The Hall–Kier alpha value is -2.56. The fourth-order valence-corrected chi connectivity index (χ4v) is 1.73. The number of rotatable bonds is 3. The van der Waals surface area contributed by atoms with Gasteiger partial charge in [0.05, 0.1) is 7.11 Å². The number of nitrogens with one attached hydrogen (secondary N) is 2. The van der Waals surface area contributed by atoms with Crippen LogP contribution < -0.4 is 15.4 Å². The van der Waals surface area contributed by atoms with Crippen LogP contribution in [0, 0.1) is 12.7 Å². The molecule has 2 amide bonds. The van der Waals surface area contributed by atoms with Gasteiger partial charge in [-0.1, -0.05) is 0 Å². The van der Waals surface area contributed by atoms with Gasteiger partial charge < -0.3 is 15.4 Å². The number of urea groups is 1. The SMILES string of the molecule is COc1ccc(NC(=O)Nc2ccc(F)cc2C)cc1. The van der Waals surface area contributed by atoms with Crippen molar-refractivity contribution in [3.05, 3.63) is 53.8 Å². The van der Waals surface area contributed by atoms with Crippen LogP contribution in [0.3, 0.4) is 0 Å². The summed E-state index contributed by atoms with van der Waals surface area (Å²) in [6.45, 7) is 1.73. The lowest BCUT2D eigenvalue weighted by Gasteiger charge is -2.10. The largest absolute Gasteiger partial charge is 0.497 e. The minimum atomic E-state index is -0.384. The summed E-state index contributed by atoms with van der Waals surface area (Å²) in [5, 5.41) is 5.35. The lowest BCUT2D eigenvalue weighted by atomic mass is 10.2. The number of methoxy groups -OCH3 is 1. The van der Waals surface area contributed by atoms with Crippen molar-refractivity contribution in [2.24, 2.45) is 0 Å². The predicted octanol–water partition coefficient (Wildman–Crippen LogP) is 3.79. The van der Waals surface area contributed by atoms with Crippen LogP contribution in [0.15, 0.2) is 42.5 Å². The highest BCUT2D eigenvalue weighted by Gasteiger charge is 2.05. The number of aryl methyl sites for hydroxylation is 1. The summed E-state index contributed by atoms with van der Waals surface area (Å²) in [5.41, 5.74) is 1.87. The highest BCUT2D eigenvalue weighted by Crippen LogP contribution is 2.17. The Labute approximate surface area is 116 Å². The van der Waals surface area contributed by atoms with E-state index in [0.717, 1.165) is 0 Å². The summed E-state index contributed by atoms with van der Waals surface area (Å²) < 4.78 is 18.0. The van der Waals surface area contributed by atoms with Crippen molar-refractivity contribution in [2.45, 2.75) is 6.92 Å². The number of carbonyl (C=O) groups excluding carboxylic acids is 1. The van der Waals surface area contributed by atoms with Crippen LogP contribution in [-0.4, -0.2) is 13.1 Å². The molecule has 0 aromatic heterocycles. The summed E-state index contributed by atoms with van der Waals surface area (Å²) in [6, 6.07) is 10.8. The van der Waals surface area contributed by atoms with E-state index in [1.54, 1.807) is 38.3 Å². The first-order valence-electron chi connectivity index (χ1n) is 6.06. The van der Waals surface area contributed by atoms with Gasteiger partial charge in [0, 0.05) is 11.4 Å². The Bertz CT molecular complexity index is 612. The average Bonchev–Trinajstić information content (AvgIpc) is 2.43. The molecule has 5 heteroatoms. The highest BCUT2D eigenvalue weighted by molar-refractivity contribution is 6.00. The first kappa shape index (κ1) is 13.9. The van der Waals surface area contributed by atoms with E-state index in [9.17, 15) is 9.18 Å². The number of hydrogen-bond donors (Lipinski definition) is 2. The van der Waals surface area contributed by atoms with Crippen molar-refractivity contribution >= 4 is 17.4 Å². The minimum Gasteiger partial charge on any atom is -0.497 e. The third-order valence-electron chi connectivity index (χ3n) is 2.78. The van der Waals surface area contributed by atoms with Crippen LogP contribution in [-0.2, 0) is 0 Å². The van der Waals surface area contributed by atoms with Gasteiger partial charge in [-0.05, 0) is 55.0 Å². The zero-order valence-electron chi connectivity index (χ0n) is 11.2. The van der Waals surface area contributed by atoms with Gasteiger partial charge in [0.1, 0.15) is 11.6 Å². The molecule has 2 rings (SSSR count). The standard InChI is InChI=1S/C15H15FN2O2/c1-10-9-11(16)3-8-14(10)18-15(19)17-12-4-6-13(20-2)7-5-12/h3-9H,1-2H3,(H2,17,18,19). The zero-order chi connectivity index (χ0) is 14.5. The molecule has 0 heterocycles. The molecule has 0 aliphatic rings. The van der Waals surface area contributed by atoms with Gasteiger partial charge in [-0.2, -0.15) is 0 Å². The molecule has 104 valence electrons. The van der Waals surface area contributed by atoms with E-state index < -0.39 is 0 Å². The fraction of sp³-hybridized carbons (Fsp3) is 0.133. The van der Waals surface area contributed by atoms with E-state index in [4.69, 9.17) is 4.74 Å². The second-order valence-electron chi connectivity index (χ2n) is 4.27. The monoisotopic (exact) mass is 274 g/mol. The van der Waals surface area contributed by atoms with Crippen molar-refractivity contribution in [1.82, 2.24) is 0 Å². The average molecular weight is 274 g/mol. The molecular formula is C15H15FN2O2. The van der Waals surface area contributed by atoms with Crippen molar-refractivity contribution in [2.75, 3.05) is 17.7 Å². The lowest BCUT2D eigenvalue weighted by Crippen LogP contribution is -2.19. The molecule has 0 radical (unpaired) electrons. The molecular weight excluding hydrogens is 259 g/mol. The van der Waals surface area contributed by atoms with Gasteiger partial charge in [0.2, 0.25) is 0 Å². The van der Waals surface area contributed by atoms with E-state index in [1.165, 1.54) is 18.2 Å². The smallest absolute Gasteiger partial charge is 0.323 e. The molecule has 4 nitrogen and oxygen atoms in total. The van der Waals surface area contributed by atoms with Gasteiger partial charge >= 0.3 is 6.03 Å². The first-order valence-corrected chi connectivity index (χ1v) is 6.06. The molecule has 0 atom stereocenters. The molecule has 0 unspecified atom stereocenters. The Morgan fingerprint density at radius 1 is 1.10 bits per heavy atom. The van der Waals surface area contributed by atoms with Crippen LogP contribution in [0.25, 0.3) is 0 Å².